The molecule has 9 heteroatoms. The Morgan fingerprint density at radius 3 is 2.40 bits per heavy atom. The largest absolute Gasteiger partial charge is 0.497 e. The molecule has 1 aromatic carbocycles. The quantitative estimate of drug-likeness (QED) is 0.668. The molecule has 0 radical (unpaired) electrons. The number of carbonyl (C=O) groups is 1. The number of nitrogens with one attached hydrogen (secondary N) is 1. The minimum absolute atomic E-state index is 0.0539. The van der Waals surface area contributed by atoms with Crippen LogP contribution >= 0.6 is 0 Å². The summed E-state index contributed by atoms with van der Waals surface area (Å²) < 4.78 is 30.9. The van der Waals surface area contributed by atoms with Crippen LogP contribution in [0.3, 0.4) is 0 Å². The number of sulfonamides is 1. The van der Waals surface area contributed by atoms with Crippen molar-refractivity contribution in [3.05, 3.63) is 24.3 Å². The molecule has 1 amide bonds. The number of methoxy groups -OCH3 is 1. The smallest absolute Gasteiger partial charge is 0.248 e. The van der Waals surface area contributed by atoms with Crippen molar-refractivity contribution in [2.75, 3.05) is 45.4 Å². The Balaban J connectivity index is 1.76. The van der Waals surface area contributed by atoms with E-state index in [4.69, 9.17) is 4.74 Å². The zero-order valence-corrected chi connectivity index (χ0v) is 18.8. The zero-order chi connectivity index (χ0) is 21.9. The van der Waals surface area contributed by atoms with E-state index in [9.17, 15) is 18.3 Å². The Bertz CT molecular complexity index is 835. The summed E-state index contributed by atoms with van der Waals surface area (Å²) in [6.45, 7) is 0.414. The Hall–Kier alpha value is -1.84. The van der Waals surface area contributed by atoms with E-state index in [0.29, 0.717) is 12.8 Å². The van der Waals surface area contributed by atoms with Crippen molar-refractivity contribution < 1.29 is 23.1 Å². The summed E-state index contributed by atoms with van der Waals surface area (Å²) in [6.07, 6.45) is 3.57. The molecule has 0 aromatic heterocycles. The Labute approximate surface area is 179 Å². The van der Waals surface area contributed by atoms with Gasteiger partial charge in [0.15, 0.2) is 0 Å². The number of aliphatic hydroxyl groups is 1. The molecular formula is C21H33N3O5S. The third-order valence-corrected chi connectivity index (χ3v) is 8.23. The monoisotopic (exact) mass is 439 g/mol. The van der Waals surface area contributed by atoms with Gasteiger partial charge in [-0.15, -0.1) is 0 Å². The normalized spacial score (nSPS) is 24.1. The third kappa shape index (κ3) is 4.90. The van der Waals surface area contributed by atoms with Gasteiger partial charge in [-0.25, -0.2) is 12.7 Å². The summed E-state index contributed by atoms with van der Waals surface area (Å²) in [5.41, 5.74) is 0.111. The van der Waals surface area contributed by atoms with Crippen LogP contribution in [-0.4, -0.2) is 80.3 Å². The van der Waals surface area contributed by atoms with E-state index >= 15 is 0 Å². The number of amides is 1. The van der Waals surface area contributed by atoms with Gasteiger partial charge in [0.05, 0.1) is 19.0 Å². The van der Waals surface area contributed by atoms with Gasteiger partial charge in [0.2, 0.25) is 15.9 Å². The molecule has 0 unspecified atom stereocenters. The molecule has 2 aliphatic rings. The molecule has 168 valence electrons. The summed E-state index contributed by atoms with van der Waals surface area (Å²) in [6, 6.07) is 7.50. The highest BCUT2D eigenvalue weighted by molar-refractivity contribution is 7.89. The van der Waals surface area contributed by atoms with Gasteiger partial charge < -0.3 is 20.1 Å². The predicted octanol–water partition coefficient (Wildman–Crippen LogP) is 1.52. The van der Waals surface area contributed by atoms with Gasteiger partial charge in [-0.2, -0.15) is 0 Å². The first-order valence-electron chi connectivity index (χ1n) is 10.5. The molecule has 2 atom stereocenters. The standard InChI is InChI=1S/C21H33N3O5S/c1-23(2)30(27,28)15-16-13-24(14-19(16)25)20(26)21(11-5-4-6-12-21)22-17-7-9-18(29-3)10-8-17/h7-10,16,19,22,25H,4-6,11-15H2,1-3H3/t16-,19-/m0/s1. The minimum Gasteiger partial charge on any atom is -0.497 e. The lowest BCUT2D eigenvalue weighted by Gasteiger charge is -2.40. The fourth-order valence-electron chi connectivity index (χ4n) is 4.40. The lowest BCUT2D eigenvalue weighted by atomic mass is 9.80. The number of hydrogen-bond donors (Lipinski definition) is 2. The van der Waals surface area contributed by atoms with Crippen molar-refractivity contribution >= 4 is 21.6 Å². The van der Waals surface area contributed by atoms with Crippen molar-refractivity contribution in [3.8, 4) is 5.75 Å². The van der Waals surface area contributed by atoms with E-state index in [-0.39, 0.29) is 24.7 Å². The lowest BCUT2D eigenvalue weighted by molar-refractivity contribution is -0.136. The van der Waals surface area contributed by atoms with Crippen LogP contribution in [0, 0.1) is 5.92 Å². The molecule has 1 saturated heterocycles. The average molecular weight is 440 g/mol. The number of anilines is 1. The number of nitrogens with zero attached hydrogens (tertiary/aromatic N) is 2. The zero-order valence-electron chi connectivity index (χ0n) is 18.0. The number of likely N-dealkylation sites (tertiary alicyclic amines) is 1. The fourth-order valence-corrected chi connectivity index (χ4v) is 5.57. The molecule has 1 aliphatic heterocycles. The van der Waals surface area contributed by atoms with E-state index < -0.39 is 27.6 Å². The number of hydrogen-bond acceptors (Lipinski definition) is 6. The van der Waals surface area contributed by atoms with Crippen molar-refractivity contribution in [1.82, 2.24) is 9.21 Å². The van der Waals surface area contributed by atoms with Gasteiger partial charge in [0, 0.05) is 38.8 Å². The van der Waals surface area contributed by atoms with Crippen LogP contribution in [0.25, 0.3) is 0 Å². The molecule has 3 rings (SSSR count). The first-order valence-corrected chi connectivity index (χ1v) is 12.1. The van der Waals surface area contributed by atoms with Gasteiger partial charge in [-0.1, -0.05) is 19.3 Å². The first kappa shape index (κ1) is 22.8. The molecule has 0 bridgehead atoms. The number of benzene rings is 1. The van der Waals surface area contributed by atoms with E-state index in [1.807, 2.05) is 24.3 Å². The molecule has 1 aromatic rings. The number of carbonyl (C=O) groups excluding carboxylic acids is 1. The number of β-amino-alcohol motifs (C(OH)–C–C–N with tert-alkyl or cyclic N) is 1. The summed E-state index contributed by atoms with van der Waals surface area (Å²) in [5, 5.41) is 13.9. The summed E-state index contributed by atoms with van der Waals surface area (Å²) in [5.74, 6) is 0.0473. The van der Waals surface area contributed by atoms with Crippen molar-refractivity contribution in [1.29, 1.82) is 0 Å². The van der Waals surface area contributed by atoms with Crippen LogP contribution in [0.4, 0.5) is 5.69 Å². The van der Waals surface area contributed by atoms with Crippen LogP contribution in [-0.2, 0) is 14.8 Å². The highest BCUT2D eigenvalue weighted by Gasteiger charge is 2.46. The van der Waals surface area contributed by atoms with E-state index in [1.165, 1.54) is 14.1 Å². The predicted molar refractivity (Wildman–Crippen MR) is 116 cm³/mol. The van der Waals surface area contributed by atoms with Crippen LogP contribution in [0.1, 0.15) is 32.1 Å². The minimum atomic E-state index is -3.45. The summed E-state index contributed by atoms with van der Waals surface area (Å²) in [7, 11) is 1.12. The molecule has 1 saturated carbocycles. The Morgan fingerprint density at radius 1 is 1.20 bits per heavy atom. The van der Waals surface area contributed by atoms with Crippen molar-refractivity contribution in [2.45, 2.75) is 43.7 Å². The van der Waals surface area contributed by atoms with Gasteiger partial charge >= 0.3 is 0 Å². The molecule has 8 nitrogen and oxygen atoms in total. The first-order chi connectivity index (χ1) is 14.2. The topological polar surface area (TPSA) is 99.2 Å². The van der Waals surface area contributed by atoms with Crippen LogP contribution in [0.5, 0.6) is 5.75 Å². The van der Waals surface area contributed by atoms with Gasteiger partial charge in [-0.05, 0) is 37.1 Å². The molecule has 0 spiro atoms. The van der Waals surface area contributed by atoms with Gasteiger partial charge in [-0.3, -0.25) is 4.79 Å². The average Bonchev–Trinajstić information content (AvgIpc) is 3.08. The van der Waals surface area contributed by atoms with E-state index in [2.05, 4.69) is 5.32 Å². The summed E-state index contributed by atoms with van der Waals surface area (Å²) >= 11 is 0. The van der Waals surface area contributed by atoms with Crippen LogP contribution in [0.15, 0.2) is 24.3 Å². The lowest BCUT2D eigenvalue weighted by Crippen LogP contribution is -2.54. The maximum atomic E-state index is 13.6. The maximum absolute atomic E-state index is 13.6. The summed E-state index contributed by atoms with van der Waals surface area (Å²) in [4.78, 5) is 15.2. The Morgan fingerprint density at radius 2 is 1.83 bits per heavy atom. The van der Waals surface area contributed by atoms with Gasteiger partial charge in [0.1, 0.15) is 11.3 Å². The van der Waals surface area contributed by atoms with Gasteiger partial charge in [0.25, 0.3) is 0 Å². The fraction of sp³-hybridized carbons (Fsp3) is 0.667. The highest BCUT2D eigenvalue weighted by Crippen LogP contribution is 2.35. The second-order valence-electron chi connectivity index (χ2n) is 8.59. The Kier molecular flexibility index (Phi) is 6.94. The number of rotatable bonds is 7. The second kappa shape index (κ2) is 9.11. The van der Waals surface area contributed by atoms with Crippen LogP contribution < -0.4 is 10.1 Å². The number of ether oxygens (including phenoxy) is 1. The van der Waals surface area contributed by atoms with E-state index in [1.54, 1.807) is 12.0 Å². The third-order valence-electron chi connectivity index (χ3n) is 6.26. The molecule has 2 fully saturated rings. The molecule has 30 heavy (non-hydrogen) atoms. The molecule has 1 aliphatic carbocycles. The maximum Gasteiger partial charge on any atom is 0.248 e. The second-order valence-corrected chi connectivity index (χ2v) is 10.8. The molecule has 1 heterocycles. The van der Waals surface area contributed by atoms with Crippen molar-refractivity contribution in [2.24, 2.45) is 5.92 Å². The van der Waals surface area contributed by atoms with Crippen LogP contribution in [0.2, 0.25) is 0 Å². The highest BCUT2D eigenvalue weighted by atomic mass is 32.2. The molecular weight excluding hydrogens is 406 g/mol. The van der Waals surface area contributed by atoms with Crippen molar-refractivity contribution in [3.63, 3.8) is 0 Å². The SMILES string of the molecule is COc1ccc(NC2(C(=O)N3C[C@@H](CS(=O)(=O)N(C)C)[C@@H](O)C3)CCCCC2)cc1. The van der Waals surface area contributed by atoms with E-state index in [0.717, 1.165) is 35.0 Å². The number of aliphatic hydroxyl groups excluding tert-OH is 1. The molecule has 2 N–H and O–H groups in total.